The molecule has 0 atom stereocenters. The molecule has 0 aliphatic heterocycles. The molecule has 7 heteroatoms. The van der Waals surface area contributed by atoms with Crippen molar-refractivity contribution in [1.82, 2.24) is 9.55 Å². The smallest absolute Gasteiger partial charge is 0.170 e. The van der Waals surface area contributed by atoms with Gasteiger partial charge >= 0.3 is 0 Å². The highest BCUT2D eigenvalue weighted by molar-refractivity contribution is 6.36. The second-order valence-electron chi connectivity index (χ2n) is 5.10. The van der Waals surface area contributed by atoms with Gasteiger partial charge in [0.15, 0.2) is 6.29 Å². The quantitative estimate of drug-likeness (QED) is 0.593. The molecule has 0 spiro atoms. The summed E-state index contributed by atoms with van der Waals surface area (Å²) in [5, 5.41) is 0.722. The number of rotatable bonds is 3. The van der Waals surface area contributed by atoms with Crippen LogP contribution in [0.25, 0.3) is 16.9 Å². The number of halogens is 4. The van der Waals surface area contributed by atoms with E-state index in [4.69, 9.17) is 23.2 Å². The predicted octanol–water partition coefficient (Wildman–Crippen LogP) is 5.25. The van der Waals surface area contributed by atoms with E-state index < -0.39 is 11.6 Å². The lowest BCUT2D eigenvalue weighted by Crippen LogP contribution is -2.02. The van der Waals surface area contributed by atoms with Gasteiger partial charge in [0.05, 0.1) is 16.4 Å². The van der Waals surface area contributed by atoms with Gasteiger partial charge in [-0.1, -0.05) is 23.2 Å². The number of nitrogens with zero attached hydrogens (tertiary/aromatic N) is 2. The minimum atomic E-state index is -0.737. The number of carbonyl (C=O) groups excluding carboxylic acids is 1. The van der Waals surface area contributed by atoms with Gasteiger partial charge in [0.1, 0.15) is 23.2 Å². The van der Waals surface area contributed by atoms with Crippen LogP contribution in [0.15, 0.2) is 36.4 Å². The molecule has 0 saturated carbocycles. The molecule has 0 radical (unpaired) electrons. The number of hydrogen-bond acceptors (Lipinski definition) is 2. The second kappa shape index (κ2) is 6.34. The molecular weight excluding hydrogens is 357 g/mol. The summed E-state index contributed by atoms with van der Waals surface area (Å²) < 4.78 is 28.7. The summed E-state index contributed by atoms with van der Waals surface area (Å²) in [6, 6.07) is 7.83. The van der Waals surface area contributed by atoms with Gasteiger partial charge in [-0.15, -0.1) is 0 Å². The lowest BCUT2D eigenvalue weighted by molar-refractivity contribution is 0.112. The largest absolute Gasteiger partial charge is 0.296 e. The summed E-state index contributed by atoms with van der Waals surface area (Å²) in [6.45, 7) is 1.63. The number of carbonyl (C=O) groups is 1. The van der Waals surface area contributed by atoms with Crippen LogP contribution >= 0.6 is 23.2 Å². The maximum atomic E-state index is 13.6. The molecule has 24 heavy (non-hydrogen) atoms. The topological polar surface area (TPSA) is 34.9 Å². The predicted molar refractivity (Wildman–Crippen MR) is 89.1 cm³/mol. The molecular formula is C17H10Cl2F2N2O. The van der Waals surface area contributed by atoms with Crippen LogP contribution in [0.2, 0.25) is 10.0 Å². The van der Waals surface area contributed by atoms with E-state index in [-0.39, 0.29) is 11.4 Å². The van der Waals surface area contributed by atoms with E-state index in [1.165, 1.54) is 10.6 Å². The van der Waals surface area contributed by atoms with Crippen molar-refractivity contribution in [1.29, 1.82) is 0 Å². The Morgan fingerprint density at radius 1 is 1.08 bits per heavy atom. The first-order chi connectivity index (χ1) is 11.4. The average Bonchev–Trinajstić information content (AvgIpc) is 2.82. The highest BCUT2D eigenvalue weighted by Gasteiger charge is 2.20. The van der Waals surface area contributed by atoms with Crippen LogP contribution < -0.4 is 0 Å². The summed E-state index contributed by atoms with van der Waals surface area (Å²) >= 11 is 12.1. The highest BCUT2D eigenvalue weighted by atomic mass is 35.5. The number of benzene rings is 2. The van der Waals surface area contributed by atoms with Crippen molar-refractivity contribution in [2.24, 2.45) is 0 Å². The van der Waals surface area contributed by atoms with E-state index in [0.29, 0.717) is 33.4 Å². The maximum Gasteiger partial charge on any atom is 0.170 e. The molecule has 3 nitrogen and oxygen atoms in total. The van der Waals surface area contributed by atoms with Crippen molar-refractivity contribution >= 4 is 29.5 Å². The van der Waals surface area contributed by atoms with Crippen LogP contribution in [0, 0.1) is 18.6 Å². The lowest BCUT2D eigenvalue weighted by atomic mass is 10.1. The Hall–Kier alpha value is -2.24. The normalized spacial score (nSPS) is 10.9. The molecule has 0 saturated heterocycles. The third kappa shape index (κ3) is 2.92. The van der Waals surface area contributed by atoms with E-state index >= 15 is 0 Å². The van der Waals surface area contributed by atoms with Crippen LogP contribution in [0.1, 0.15) is 16.3 Å². The summed E-state index contributed by atoms with van der Waals surface area (Å²) in [7, 11) is 0. The van der Waals surface area contributed by atoms with Crippen molar-refractivity contribution in [3.8, 4) is 16.9 Å². The van der Waals surface area contributed by atoms with Gasteiger partial charge in [0.2, 0.25) is 0 Å². The Labute approximate surface area is 146 Å². The van der Waals surface area contributed by atoms with Crippen molar-refractivity contribution in [3.63, 3.8) is 0 Å². The molecule has 3 aromatic rings. The van der Waals surface area contributed by atoms with Crippen molar-refractivity contribution < 1.29 is 13.6 Å². The van der Waals surface area contributed by atoms with Gasteiger partial charge in [0, 0.05) is 16.7 Å². The third-order valence-corrected chi connectivity index (χ3v) is 4.02. The summed E-state index contributed by atoms with van der Waals surface area (Å²) in [5.41, 5.74) is 1.13. The fourth-order valence-corrected chi connectivity index (χ4v) is 3.06. The number of aldehydes is 1. The van der Waals surface area contributed by atoms with E-state index in [2.05, 4.69) is 4.98 Å². The van der Waals surface area contributed by atoms with E-state index in [0.717, 1.165) is 18.2 Å². The average molecular weight is 367 g/mol. The number of imidazole rings is 1. The van der Waals surface area contributed by atoms with E-state index in [9.17, 15) is 13.6 Å². The van der Waals surface area contributed by atoms with Crippen molar-refractivity contribution in [3.05, 3.63) is 69.6 Å². The molecule has 122 valence electrons. The van der Waals surface area contributed by atoms with Crippen molar-refractivity contribution in [2.45, 2.75) is 6.92 Å². The maximum absolute atomic E-state index is 13.6. The lowest BCUT2D eigenvalue weighted by Gasteiger charge is -2.13. The van der Waals surface area contributed by atoms with E-state index in [1.54, 1.807) is 19.1 Å². The minimum absolute atomic E-state index is 0.112. The Bertz CT molecular complexity index is 934. The molecule has 0 fully saturated rings. The zero-order chi connectivity index (χ0) is 17.4. The Balaban J connectivity index is 2.35. The highest BCUT2D eigenvalue weighted by Crippen LogP contribution is 2.34. The summed E-state index contributed by atoms with van der Waals surface area (Å²) in [6.07, 6.45) is 0.569. The van der Waals surface area contributed by atoms with Gasteiger partial charge in [-0.25, -0.2) is 13.8 Å². The fraction of sp³-hybridized carbons (Fsp3) is 0.0588. The van der Waals surface area contributed by atoms with Gasteiger partial charge in [0.25, 0.3) is 0 Å². The molecule has 0 unspecified atom stereocenters. The van der Waals surface area contributed by atoms with Gasteiger partial charge in [-0.2, -0.15) is 0 Å². The monoisotopic (exact) mass is 366 g/mol. The number of hydrogen-bond donors (Lipinski definition) is 0. The van der Waals surface area contributed by atoms with Gasteiger partial charge < -0.3 is 0 Å². The molecule has 3 rings (SSSR count). The van der Waals surface area contributed by atoms with Crippen LogP contribution in [0.4, 0.5) is 8.78 Å². The molecule has 0 amide bonds. The van der Waals surface area contributed by atoms with Gasteiger partial charge in [-0.05, 0) is 37.3 Å². The molecule has 1 aromatic heterocycles. The first kappa shape index (κ1) is 16.6. The third-order valence-electron chi connectivity index (χ3n) is 3.48. The molecule has 0 bridgehead atoms. The number of aryl methyl sites for hydroxylation is 1. The Kier molecular flexibility index (Phi) is 4.39. The van der Waals surface area contributed by atoms with Crippen LogP contribution in [0.5, 0.6) is 0 Å². The Morgan fingerprint density at radius 3 is 2.33 bits per heavy atom. The molecule has 0 N–H and O–H groups in total. The van der Waals surface area contributed by atoms with E-state index in [1.807, 2.05) is 0 Å². The number of aromatic nitrogens is 2. The summed E-state index contributed by atoms with van der Waals surface area (Å²) in [5.74, 6) is -1.08. The van der Waals surface area contributed by atoms with Crippen molar-refractivity contribution in [2.75, 3.05) is 0 Å². The second-order valence-corrected chi connectivity index (χ2v) is 5.94. The standard InChI is InChI=1S/C17H10Cl2F2N2O/c1-9-22-16(8-24)17(14-3-2-10(18)4-15(14)19)23(9)13-6-11(20)5-12(21)7-13/h2-8H,1H3. The molecule has 2 aromatic carbocycles. The zero-order valence-electron chi connectivity index (χ0n) is 12.4. The first-order valence-electron chi connectivity index (χ1n) is 6.87. The van der Waals surface area contributed by atoms with Crippen LogP contribution in [-0.4, -0.2) is 15.8 Å². The minimum Gasteiger partial charge on any atom is -0.296 e. The SMILES string of the molecule is Cc1nc(C=O)c(-c2ccc(Cl)cc2Cl)n1-c1cc(F)cc(F)c1. The molecule has 0 aliphatic carbocycles. The molecule has 1 heterocycles. The van der Waals surface area contributed by atoms with Gasteiger partial charge in [-0.3, -0.25) is 9.36 Å². The molecule has 0 aliphatic rings. The first-order valence-corrected chi connectivity index (χ1v) is 7.62. The summed E-state index contributed by atoms with van der Waals surface area (Å²) in [4.78, 5) is 15.6. The fourth-order valence-electron chi connectivity index (χ4n) is 2.56. The Morgan fingerprint density at radius 2 is 1.75 bits per heavy atom. The zero-order valence-corrected chi connectivity index (χ0v) is 13.9. The van der Waals surface area contributed by atoms with Crippen LogP contribution in [-0.2, 0) is 0 Å². The van der Waals surface area contributed by atoms with Crippen LogP contribution in [0.3, 0.4) is 0 Å².